The van der Waals surface area contributed by atoms with Crippen LogP contribution in [0, 0.1) is 10.1 Å². The average Bonchev–Trinajstić information content (AvgIpc) is 3.05. The normalized spacial score (nSPS) is 12.0. The van der Waals surface area contributed by atoms with Gasteiger partial charge in [0.2, 0.25) is 0 Å². The van der Waals surface area contributed by atoms with Gasteiger partial charge in [0.05, 0.1) is 22.0 Å². The van der Waals surface area contributed by atoms with Gasteiger partial charge in [0.25, 0.3) is 11.6 Å². The second-order valence-electron chi connectivity index (χ2n) is 5.76. The lowest BCUT2D eigenvalue weighted by Gasteiger charge is -2.16. The maximum atomic E-state index is 12.5. The molecule has 0 aliphatic heterocycles. The largest absolute Gasteiger partial charge is 0.342 e. The number of amides is 1. The van der Waals surface area contributed by atoms with Crippen molar-refractivity contribution in [1.82, 2.24) is 15.3 Å². The van der Waals surface area contributed by atoms with Crippen molar-refractivity contribution in [1.29, 1.82) is 0 Å². The van der Waals surface area contributed by atoms with E-state index in [2.05, 4.69) is 15.3 Å². The Morgan fingerprint density at radius 1 is 1.28 bits per heavy atom. The molecule has 25 heavy (non-hydrogen) atoms. The Morgan fingerprint density at radius 3 is 2.80 bits per heavy atom. The fourth-order valence-electron chi connectivity index (χ4n) is 2.71. The summed E-state index contributed by atoms with van der Waals surface area (Å²) in [4.78, 5) is 30.7. The van der Waals surface area contributed by atoms with E-state index in [0.717, 1.165) is 17.5 Å². The average molecular weight is 338 g/mol. The SMILES string of the molecule is CCC[C@@H](NC(=O)c1cccc([N+](=O)[O-])c1)c1nc2ccccc2[nH]1. The Balaban J connectivity index is 1.85. The molecule has 0 fully saturated rings. The highest BCUT2D eigenvalue weighted by atomic mass is 16.6. The predicted octanol–water partition coefficient (Wildman–Crippen LogP) is 3.74. The number of imidazole rings is 1. The number of H-pyrrole nitrogens is 1. The lowest BCUT2D eigenvalue weighted by molar-refractivity contribution is -0.384. The molecule has 0 bridgehead atoms. The number of aromatic amines is 1. The molecule has 0 saturated heterocycles. The molecule has 2 N–H and O–H groups in total. The number of benzene rings is 2. The summed E-state index contributed by atoms with van der Waals surface area (Å²) in [5.74, 6) is 0.324. The highest BCUT2D eigenvalue weighted by molar-refractivity contribution is 5.95. The molecule has 3 aromatic rings. The Kier molecular flexibility index (Phi) is 4.74. The van der Waals surface area contributed by atoms with Crippen LogP contribution in [0.25, 0.3) is 11.0 Å². The summed E-state index contributed by atoms with van der Waals surface area (Å²) in [7, 11) is 0. The van der Waals surface area contributed by atoms with E-state index in [0.29, 0.717) is 12.2 Å². The third kappa shape index (κ3) is 3.65. The van der Waals surface area contributed by atoms with E-state index in [9.17, 15) is 14.9 Å². The molecule has 0 aliphatic rings. The number of non-ortho nitro benzene ring substituents is 1. The van der Waals surface area contributed by atoms with Crippen LogP contribution in [0.4, 0.5) is 5.69 Å². The molecule has 0 radical (unpaired) electrons. The van der Waals surface area contributed by atoms with Crippen LogP contribution in [0.1, 0.15) is 42.0 Å². The fraction of sp³-hybridized carbons (Fsp3) is 0.222. The molecule has 0 spiro atoms. The summed E-state index contributed by atoms with van der Waals surface area (Å²) >= 11 is 0. The molecule has 1 heterocycles. The monoisotopic (exact) mass is 338 g/mol. The summed E-state index contributed by atoms with van der Waals surface area (Å²) in [6, 6.07) is 13.1. The first kappa shape index (κ1) is 16.6. The molecular weight excluding hydrogens is 320 g/mol. The van der Waals surface area contributed by atoms with Gasteiger partial charge in [0.1, 0.15) is 5.82 Å². The number of rotatable bonds is 6. The predicted molar refractivity (Wildman–Crippen MR) is 94.3 cm³/mol. The molecule has 128 valence electrons. The number of nitro benzene ring substituents is 1. The van der Waals surface area contributed by atoms with Gasteiger partial charge in [0, 0.05) is 17.7 Å². The Hall–Kier alpha value is -3.22. The van der Waals surface area contributed by atoms with E-state index < -0.39 is 4.92 Å². The van der Waals surface area contributed by atoms with Crippen molar-refractivity contribution in [3.8, 4) is 0 Å². The second kappa shape index (κ2) is 7.12. The zero-order chi connectivity index (χ0) is 17.8. The van der Waals surface area contributed by atoms with Crippen LogP contribution in [0.5, 0.6) is 0 Å². The molecule has 0 saturated carbocycles. The first-order valence-electron chi connectivity index (χ1n) is 8.08. The summed E-state index contributed by atoms with van der Waals surface area (Å²) in [5.41, 5.74) is 1.89. The molecular formula is C18H18N4O3. The molecule has 1 atom stereocenters. The zero-order valence-corrected chi connectivity index (χ0v) is 13.7. The van der Waals surface area contributed by atoms with Crippen LogP contribution in [-0.4, -0.2) is 20.8 Å². The molecule has 1 amide bonds. The fourth-order valence-corrected chi connectivity index (χ4v) is 2.71. The van der Waals surface area contributed by atoms with Crippen molar-refractivity contribution >= 4 is 22.6 Å². The van der Waals surface area contributed by atoms with Crippen molar-refractivity contribution in [2.24, 2.45) is 0 Å². The zero-order valence-electron chi connectivity index (χ0n) is 13.7. The smallest absolute Gasteiger partial charge is 0.270 e. The topological polar surface area (TPSA) is 101 Å². The van der Waals surface area contributed by atoms with Gasteiger partial charge in [-0.25, -0.2) is 4.98 Å². The quantitative estimate of drug-likeness (QED) is 0.528. The van der Waals surface area contributed by atoms with Gasteiger partial charge in [-0.3, -0.25) is 14.9 Å². The lowest BCUT2D eigenvalue weighted by Crippen LogP contribution is -2.29. The van der Waals surface area contributed by atoms with E-state index in [-0.39, 0.29) is 23.2 Å². The first-order valence-corrected chi connectivity index (χ1v) is 8.08. The van der Waals surface area contributed by atoms with Gasteiger partial charge < -0.3 is 10.3 Å². The van der Waals surface area contributed by atoms with Crippen LogP contribution in [0.2, 0.25) is 0 Å². The van der Waals surface area contributed by atoms with Crippen molar-refractivity contribution < 1.29 is 9.72 Å². The Bertz CT molecular complexity index is 886. The van der Waals surface area contributed by atoms with Crippen LogP contribution in [0.3, 0.4) is 0 Å². The van der Waals surface area contributed by atoms with Crippen molar-refractivity contribution in [2.75, 3.05) is 0 Å². The van der Waals surface area contributed by atoms with Crippen LogP contribution in [-0.2, 0) is 0 Å². The Morgan fingerprint density at radius 2 is 2.08 bits per heavy atom. The highest BCUT2D eigenvalue weighted by Gasteiger charge is 2.19. The maximum Gasteiger partial charge on any atom is 0.270 e. The Labute approximate surface area is 144 Å². The van der Waals surface area contributed by atoms with Crippen LogP contribution >= 0.6 is 0 Å². The van der Waals surface area contributed by atoms with Crippen LogP contribution in [0.15, 0.2) is 48.5 Å². The summed E-state index contributed by atoms with van der Waals surface area (Å²) in [6.45, 7) is 2.02. The van der Waals surface area contributed by atoms with Gasteiger partial charge >= 0.3 is 0 Å². The molecule has 3 rings (SSSR count). The lowest BCUT2D eigenvalue weighted by atomic mass is 10.1. The van der Waals surface area contributed by atoms with Gasteiger partial charge in [-0.15, -0.1) is 0 Å². The summed E-state index contributed by atoms with van der Waals surface area (Å²) in [6.07, 6.45) is 1.57. The molecule has 7 heteroatoms. The van der Waals surface area contributed by atoms with Gasteiger partial charge in [-0.05, 0) is 24.6 Å². The van der Waals surface area contributed by atoms with E-state index in [1.807, 2.05) is 31.2 Å². The van der Waals surface area contributed by atoms with Crippen molar-refractivity contribution in [3.05, 3.63) is 70.0 Å². The van der Waals surface area contributed by atoms with Crippen LogP contribution < -0.4 is 5.32 Å². The second-order valence-corrected chi connectivity index (χ2v) is 5.76. The molecule has 0 aliphatic carbocycles. The highest BCUT2D eigenvalue weighted by Crippen LogP contribution is 2.21. The number of carbonyl (C=O) groups excluding carboxylic acids is 1. The molecule has 1 aromatic heterocycles. The number of nitrogens with zero attached hydrogens (tertiary/aromatic N) is 2. The number of nitrogens with one attached hydrogen (secondary N) is 2. The number of nitro groups is 1. The minimum Gasteiger partial charge on any atom is -0.342 e. The van der Waals surface area contributed by atoms with Crippen molar-refractivity contribution in [2.45, 2.75) is 25.8 Å². The van der Waals surface area contributed by atoms with Crippen molar-refractivity contribution in [3.63, 3.8) is 0 Å². The van der Waals surface area contributed by atoms with E-state index in [1.165, 1.54) is 18.2 Å². The standard InChI is InChI=1S/C18H18N4O3/c1-2-6-16(17-19-14-9-3-4-10-15(14)20-17)21-18(23)12-7-5-8-13(11-12)22(24)25/h3-5,7-11,16H,2,6H2,1H3,(H,19,20)(H,21,23)/t16-/m1/s1. The number of hydrogen-bond donors (Lipinski definition) is 2. The van der Waals surface area contributed by atoms with E-state index in [4.69, 9.17) is 0 Å². The third-order valence-electron chi connectivity index (χ3n) is 3.94. The third-order valence-corrected chi connectivity index (χ3v) is 3.94. The number of carbonyl (C=O) groups is 1. The molecule has 7 nitrogen and oxygen atoms in total. The number of hydrogen-bond acceptors (Lipinski definition) is 4. The van der Waals surface area contributed by atoms with Gasteiger partial charge in [-0.2, -0.15) is 0 Å². The number of aromatic nitrogens is 2. The summed E-state index contributed by atoms with van der Waals surface area (Å²) < 4.78 is 0. The maximum absolute atomic E-state index is 12.5. The number of para-hydroxylation sites is 2. The van der Waals surface area contributed by atoms with E-state index in [1.54, 1.807) is 6.07 Å². The molecule has 0 unspecified atom stereocenters. The summed E-state index contributed by atoms with van der Waals surface area (Å²) in [5, 5.41) is 13.8. The first-order chi connectivity index (χ1) is 12.1. The minimum absolute atomic E-state index is 0.108. The van der Waals surface area contributed by atoms with Gasteiger partial charge in [-0.1, -0.05) is 31.5 Å². The molecule has 2 aromatic carbocycles. The van der Waals surface area contributed by atoms with E-state index >= 15 is 0 Å². The number of fused-ring (bicyclic) bond motifs is 1. The van der Waals surface area contributed by atoms with Gasteiger partial charge in [0.15, 0.2) is 0 Å². The minimum atomic E-state index is -0.514.